The number of nitro benzene ring substituents is 1. The first kappa shape index (κ1) is 26.6. The first-order valence-electron chi connectivity index (χ1n) is 12.3. The Morgan fingerprint density at radius 1 is 0.865 bits per heavy atom. The second-order valence-corrected chi connectivity index (χ2v) is 9.55. The molecule has 2 saturated heterocycles. The monoisotopic (exact) mass is 525 g/mol. The number of rotatable bonds is 6. The molecular weight excluding hydrogens is 497 g/mol. The van der Waals surface area contributed by atoms with Crippen molar-refractivity contribution in [1.82, 2.24) is 0 Å². The first-order valence-corrected chi connectivity index (χ1v) is 12.3. The van der Waals surface area contributed by atoms with Crippen molar-refractivity contribution in [2.24, 2.45) is 5.10 Å². The summed E-state index contributed by atoms with van der Waals surface area (Å²) in [6.07, 6.45) is 6.81. The van der Waals surface area contributed by atoms with Gasteiger partial charge in [0, 0.05) is 42.5 Å². The largest absolute Gasteiger partial charge is 0.368 e. The average Bonchev–Trinajstić information content (AvgIpc) is 2.88. The summed E-state index contributed by atoms with van der Waals surface area (Å²) in [4.78, 5) is 15.7. The van der Waals surface area contributed by atoms with E-state index >= 15 is 0 Å². The van der Waals surface area contributed by atoms with Gasteiger partial charge in [0.2, 0.25) is 5.82 Å². The molecule has 4 rings (SSSR count). The lowest BCUT2D eigenvalue weighted by atomic mass is 9.98. The molecule has 1 N–H and O–H groups in total. The van der Waals surface area contributed by atoms with Crippen LogP contribution >= 0.6 is 0 Å². The molecule has 0 aromatic heterocycles. The van der Waals surface area contributed by atoms with Crippen LogP contribution in [0.2, 0.25) is 0 Å². The molecule has 2 aromatic carbocycles. The van der Waals surface area contributed by atoms with E-state index < -0.39 is 39.7 Å². The summed E-state index contributed by atoms with van der Waals surface area (Å²) in [6.45, 7) is 5.43. The van der Waals surface area contributed by atoms with E-state index in [9.17, 15) is 32.1 Å². The quantitative estimate of drug-likeness (QED) is 0.117. The number of nitrogens with one attached hydrogen (secondary N) is 1. The van der Waals surface area contributed by atoms with Gasteiger partial charge in [-0.1, -0.05) is 0 Å². The van der Waals surface area contributed by atoms with Crippen LogP contribution in [0.4, 0.5) is 44.7 Å². The molecule has 2 atom stereocenters. The van der Waals surface area contributed by atoms with Gasteiger partial charge in [0.25, 0.3) is 5.69 Å². The van der Waals surface area contributed by atoms with Crippen LogP contribution in [0.25, 0.3) is 0 Å². The van der Waals surface area contributed by atoms with E-state index in [1.54, 1.807) is 6.07 Å². The fraction of sp³-hybridized carbons (Fsp3) is 0.480. The molecule has 2 aromatic rings. The van der Waals surface area contributed by atoms with Crippen LogP contribution in [0.15, 0.2) is 17.2 Å². The summed E-state index contributed by atoms with van der Waals surface area (Å²) in [5.41, 5.74) is 1.83. The van der Waals surface area contributed by atoms with Crippen LogP contribution in [0.5, 0.6) is 0 Å². The van der Waals surface area contributed by atoms with Crippen molar-refractivity contribution in [2.75, 3.05) is 28.3 Å². The van der Waals surface area contributed by atoms with Gasteiger partial charge in [-0.2, -0.15) is 5.10 Å². The SMILES string of the molecule is C[C@@H]1CCCCN1c1cc(N2CCCC[C@@H]2C)c([N+](=O)[O-])cc1/C=N\Nc1c(F)c(F)c(F)c(F)c1F. The lowest BCUT2D eigenvalue weighted by Crippen LogP contribution is -2.40. The van der Waals surface area contributed by atoms with Crippen molar-refractivity contribution in [3.8, 4) is 0 Å². The van der Waals surface area contributed by atoms with Gasteiger partial charge in [-0.05, 0) is 58.4 Å². The van der Waals surface area contributed by atoms with Crippen LogP contribution in [0.3, 0.4) is 0 Å². The molecule has 0 spiro atoms. The number of halogens is 5. The zero-order chi connectivity index (χ0) is 26.9. The molecule has 37 heavy (non-hydrogen) atoms. The van der Waals surface area contributed by atoms with Crippen LogP contribution in [0, 0.1) is 39.2 Å². The number of piperidine rings is 2. The minimum atomic E-state index is -2.27. The number of anilines is 3. The molecular formula is C25H28F5N5O2. The fourth-order valence-electron chi connectivity index (χ4n) is 5.09. The predicted octanol–water partition coefficient (Wildman–Crippen LogP) is 6.49. The van der Waals surface area contributed by atoms with E-state index in [0.717, 1.165) is 44.7 Å². The molecule has 0 saturated carbocycles. The Labute approximate surface area is 211 Å². The fourth-order valence-corrected chi connectivity index (χ4v) is 5.09. The second-order valence-electron chi connectivity index (χ2n) is 9.55. The molecule has 200 valence electrons. The van der Waals surface area contributed by atoms with Crippen molar-refractivity contribution in [3.63, 3.8) is 0 Å². The van der Waals surface area contributed by atoms with Gasteiger partial charge >= 0.3 is 0 Å². The van der Waals surface area contributed by atoms with Gasteiger partial charge in [-0.15, -0.1) is 0 Å². The molecule has 2 aliphatic heterocycles. The van der Waals surface area contributed by atoms with Crippen molar-refractivity contribution >= 4 is 29.0 Å². The zero-order valence-corrected chi connectivity index (χ0v) is 20.5. The molecule has 2 heterocycles. The van der Waals surface area contributed by atoms with E-state index in [2.05, 4.69) is 10.0 Å². The Morgan fingerprint density at radius 2 is 1.38 bits per heavy atom. The average molecular weight is 526 g/mol. The third-order valence-electron chi connectivity index (χ3n) is 7.14. The van der Waals surface area contributed by atoms with E-state index in [1.165, 1.54) is 6.07 Å². The van der Waals surface area contributed by atoms with Gasteiger partial charge in [-0.25, -0.2) is 22.0 Å². The van der Waals surface area contributed by atoms with Crippen LogP contribution in [0.1, 0.15) is 57.9 Å². The van der Waals surface area contributed by atoms with E-state index in [4.69, 9.17) is 0 Å². The lowest BCUT2D eigenvalue weighted by molar-refractivity contribution is -0.384. The lowest BCUT2D eigenvalue weighted by Gasteiger charge is -2.39. The smallest absolute Gasteiger partial charge is 0.293 e. The molecule has 0 bridgehead atoms. The van der Waals surface area contributed by atoms with Gasteiger partial charge in [0.1, 0.15) is 11.4 Å². The summed E-state index contributed by atoms with van der Waals surface area (Å²) >= 11 is 0. The number of nitrogens with zero attached hydrogens (tertiary/aromatic N) is 4. The van der Waals surface area contributed by atoms with Gasteiger partial charge < -0.3 is 9.80 Å². The number of benzene rings is 2. The number of hydrogen-bond donors (Lipinski definition) is 1. The summed E-state index contributed by atoms with van der Waals surface area (Å²) in [5.74, 6) is -10.6. The summed E-state index contributed by atoms with van der Waals surface area (Å²) < 4.78 is 68.6. The third kappa shape index (κ3) is 5.19. The highest BCUT2D eigenvalue weighted by molar-refractivity contribution is 5.92. The third-order valence-corrected chi connectivity index (χ3v) is 7.14. The molecule has 7 nitrogen and oxygen atoms in total. The summed E-state index contributed by atoms with van der Waals surface area (Å²) in [5, 5.41) is 15.8. The Hall–Kier alpha value is -3.44. The van der Waals surface area contributed by atoms with Gasteiger partial charge in [0.05, 0.1) is 11.1 Å². The van der Waals surface area contributed by atoms with Crippen molar-refractivity contribution in [3.05, 3.63) is 56.9 Å². The predicted molar refractivity (Wildman–Crippen MR) is 132 cm³/mol. The standard InChI is InChI=1S/C25H28F5N5O2/c1-14-7-3-5-9-33(14)17-12-18(34-10-6-4-8-15(34)2)19(35(36)37)11-16(17)13-31-32-25-23(29)21(27)20(26)22(28)24(25)30/h11-15,32H,3-10H2,1-2H3/b31-13-/t14-,15+/m1/s1. The van der Waals surface area contributed by atoms with Crippen LogP contribution < -0.4 is 15.2 Å². The number of hydrazone groups is 1. The van der Waals surface area contributed by atoms with E-state index in [-0.39, 0.29) is 23.3 Å². The molecule has 12 heteroatoms. The maximum Gasteiger partial charge on any atom is 0.293 e. The highest BCUT2D eigenvalue weighted by Crippen LogP contribution is 2.40. The van der Waals surface area contributed by atoms with Gasteiger partial charge in [0.15, 0.2) is 23.3 Å². The Morgan fingerprint density at radius 3 is 1.89 bits per heavy atom. The highest BCUT2D eigenvalue weighted by atomic mass is 19.2. The van der Waals surface area contributed by atoms with Crippen LogP contribution in [-0.2, 0) is 0 Å². The minimum Gasteiger partial charge on any atom is -0.368 e. The van der Waals surface area contributed by atoms with Crippen molar-refractivity contribution in [1.29, 1.82) is 0 Å². The maximum absolute atomic E-state index is 14.1. The summed E-state index contributed by atoms with van der Waals surface area (Å²) in [7, 11) is 0. The topological polar surface area (TPSA) is 74.0 Å². The molecule has 2 aliphatic rings. The molecule has 0 amide bonds. The number of hydrogen-bond acceptors (Lipinski definition) is 6. The molecule has 2 fully saturated rings. The summed E-state index contributed by atoms with van der Waals surface area (Å²) in [6, 6.07) is 3.32. The van der Waals surface area contributed by atoms with Crippen LogP contribution in [-0.4, -0.2) is 36.3 Å². The van der Waals surface area contributed by atoms with Crippen molar-refractivity contribution < 1.29 is 26.9 Å². The van der Waals surface area contributed by atoms with E-state index in [1.807, 2.05) is 24.2 Å². The molecule has 0 radical (unpaired) electrons. The van der Waals surface area contributed by atoms with E-state index in [0.29, 0.717) is 24.5 Å². The van der Waals surface area contributed by atoms with Gasteiger partial charge in [-0.3, -0.25) is 15.5 Å². The Bertz CT molecular complexity index is 1200. The number of nitro groups is 1. The minimum absolute atomic E-state index is 0.106. The first-order chi connectivity index (χ1) is 17.6. The maximum atomic E-state index is 14.1. The molecule has 0 unspecified atom stereocenters. The normalized spacial score (nSPS) is 20.5. The second kappa shape index (κ2) is 10.9. The Balaban J connectivity index is 1.79. The molecule has 0 aliphatic carbocycles. The highest BCUT2D eigenvalue weighted by Gasteiger charge is 2.30. The zero-order valence-electron chi connectivity index (χ0n) is 20.5. The Kier molecular flexibility index (Phi) is 7.84. The van der Waals surface area contributed by atoms with Crippen molar-refractivity contribution in [2.45, 2.75) is 64.5 Å².